The van der Waals surface area contributed by atoms with Crippen molar-refractivity contribution in [3.63, 3.8) is 0 Å². The maximum Gasteiger partial charge on any atom is 0.101 e. The van der Waals surface area contributed by atoms with Gasteiger partial charge >= 0.3 is 0 Å². The van der Waals surface area contributed by atoms with Crippen LogP contribution < -0.4 is 0 Å². The van der Waals surface area contributed by atoms with Gasteiger partial charge < -0.3 is 0 Å². The van der Waals surface area contributed by atoms with E-state index in [1.54, 1.807) is 17.4 Å². The highest BCUT2D eigenvalue weighted by atomic mass is 35.5. The Hall–Kier alpha value is -2.87. The lowest BCUT2D eigenvalue weighted by molar-refractivity contribution is 0.513. The predicted molar refractivity (Wildman–Crippen MR) is 119 cm³/mol. The molecule has 0 fully saturated rings. The second-order valence-corrected chi connectivity index (χ2v) is 8.40. The summed E-state index contributed by atoms with van der Waals surface area (Å²) in [5.74, 6) is 0. The normalized spacial score (nSPS) is 11.9. The van der Waals surface area contributed by atoms with E-state index in [1.165, 1.54) is 10.4 Å². The number of halogens is 1. The molecule has 29 heavy (non-hydrogen) atoms. The maximum absolute atomic E-state index is 9.16. The Balaban J connectivity index is 1.80. The summed E-state index contributed by atoms with van der Waals surface area (Å²) in [5.41, 5.74) is 5.88. The van der Waals surface area contributed by atoms with Gasteiger partial charge in [-0.1, -0.05) is 54.1 Å². The van der Waals surface area contributed by atoms with Crippen molar-refractivity contribution in [2.75, 3.05) is 0 Å². The largest absolute Gasteiger partial charge is 0.260 e. The zero-order valence-corrected chi connectivity index (χ0v) is 17.8. The average Bonchev–Trinajstić information content (AvgIpc) is 3.35. The van der Waals surface area contributed by atoms with Gasteiger partial charge in [0.05, 0.1) is 22.3 Å². The smallest absolute Gasteiger partial charge is 0.101 e. The summed E-state index contributed by atoms with van der Waals surface area (Å²) >= 11 is 8.05. The third kappa shape index (κ3) is 3.85. The first-order chi connectivity index (χ1) is 14.1. The molecule has 0 amide bonds. The predicted octanol–water partition coefficient (Wildman–Crippen LogP) is 6.59. The first-order valence-electron chi connectivity index (χ1n) is 9.41. The number of hydrogen-bond acceptors (Lipinski definition) is 3. The van der Waals surface area contributed by atoms with Crippen molar-refractivity contribution in [2.24, 2.45) is 0 Å². The molecular weight excluding hydrogens is 398 g/mol. The molecule has 144 valence electrons. The highest BCUT2D eigenvalue weighted by Gasteiger charge is 2.23. The van der Waals surface area contributed by atoms with Crippen LogP contribution in [0.4, 0.5) is 0 Å². The molecule has 5 heteroatoms. The van der Waals surface area contributed by atoms with Gasteiger partial charge in [-0.3, -0.25) is 4.68 Å². The second kappa shape index (κ2) is 8.24. The molecule has 4 rings (SSSR count). The van der Waals surface area contributed by atoms with E-state index < -0.39 is 0 Å². The second-order valence-electron chi connectivity index (χ2n) is 7.02. The molecule has 0 aliphatic heterocycles. The lowest BCUT2D eigenvalue weighted by atomic mass is 10.0. The summed E-state index contributed by atoms with van der Waals surface area (Å²) in [6, 6.07) is 22.6. The summed E-state index contributed by atoms with van der Waals surface area (Å²) < 4.78 is 2.13. The standard InChI is InChI=1S/C24H20ClN3S/c1-16-24(19-10-11-20(15-26)21(25)14-19)17(2)28(27-16)22(23-9-6-12-29-23)13-18-7-4-3-5-8-18/h3-12,14,22H,13H2,1-2H3. The maximum atomic E-state index is 9.16. The summed E-state index contributed by atoms with van der Waals surface area (Å²) in [6.45, 7) is 4.13. The van der Waals surface area contributed by atoms with Crippen LogP contribution in [0.15, 0.2) is 66.0 Å². The van der Waals surface area contributed by atoms with Gasteiger partial charge in [-0.2, -0.15) is 10.4 Å². The molecule has 0 N–H and O–H groups in total. The van der Waals surface area contributed by atoms with Gasteiger partial charge in [-0.15, -0.1) is 11.3 Å². The molecule has 2 heterocycles. The zero-order chi connectivity index (χ0) is 20.4. The molecule has 3 nitrogen and oxygen atoms in total. The van der Waals surface area contributed by atoms with Crippen molar-refractivity contribution in [1.82, 2.24) is 9.78 Å². The summed E-state index contributed by atoms with van der Waals surface area (Å²) in [5, 5.41) is 16.7. The SMILES string of the molecule is Cc1nn(C(Cc2ccccc2)c2cccs2)c(C)c1-c1ccc(C#N)c(Cl)c1. The fourth-order valence-electron chi connectivity index (χ4n) is 3.77. The molecule has 0 aliphatic carbocycles. The lowest BCUT2D eigenvalue weighted by Crippen LogP contribution is -2.15. The van der Waals surface area contributed by atoms with Crippen LogP contribution in [0.1, 0.15) is 33.4 Å². The van der Waals surface area contributed by atoms with E-state index in [1.807, 2.05) is 25.1 Å². The highest BCUT2D eigenvalue weighted by molar-refractivity contribution is 7.10. The summed E-state index contributed by atoms with van der Waals surface area (Å²) in [6.07, 6.45) is 0.872. The van der Waals surface area contributed by atoms with Crippen molar-refractivity contribution in [3.05, 3.63) is 98.5 Å². The number of aromatic nitrogens is 2. The Labute approximate surface area is 179 Å². The van der Waals surface area contributed by atoms with E-state index in [2.05, 4.69) is 59.5 Å². The van der Waals surface area contributed by atoms with E-state index >= 15 is 0 Å². The summed E-state index contributed by atoms with van der Waals surface area (Å²) in [7, 11) is 0. The fraction of sp³-hybridized carbons (Fsp3) is 0.167. The van der Waals surface area contributed by atoms with Crippen LogP contribution >= 0.6 is 22.9 Å². The Morgan fingerprint density at radius 2 is 1.90 bits per heavy atom. The Morgan fingerprint density at radius 1 is 1.10 bits per heavy atom. The molecular formula is C24H20ClN3S. The third-order valence-corrected chi connectivity index (χ3v) is 6.43. The average molecular weight is 418 g/mol. The van der Waals surface area contributed by atoms with Crippen LogP contribution in [-0.4, -0.2) is 9.78 Å². The number of aryl methyl sites for hydroxylation is 1. The Bertz CT molecular complexity index is 1170. The molecule has 0 saturated carbocycles. The molecule has 1 atom stereocenters. The number of nitrogens with zero attached hydrogens (tertiary/aromatic N) is 3. The van der Waals surface area contributed by atoms with E-state index in [9.17, 15) is 0 Å². The van der Waals surface area contributed by atoms with Crippen molar-refractivity contribution in [1.29, 1.82) is 5.26 Å². The van der Waals surface area contributed by atoms with Crippen LogP contribution in [0.3, 0.4) is 0 Å². The fourth-order valence-corrected chi connectivity index (χ4v) is 4.81. The van der Waals surface area contributed by atoms with Crippen LogP contribution in [0.25, 0.3) is 11.1 Å². The van der Waals surface area contributed by atoms with Crippen LogP contribution in [0.2, 0.25) is 5.02 Å². The quantitative estimate of drug-likeness (QED) is 0.367. The number of rotatable bonds is 5. The van der Waals surface area contributed by atoms with Crippen LogP contribution in [0, 0.1) is 25.2 Å². The molecule has 2 aromatic heterocycles. The Kier molecular flexibility index (Phi) is 5.53. The first kappa shape index (κ1) is 19.4. The monoisotopic (exact) mass is 417 g/mol. The van der Waals surface area contributed by atoms with Gasteiger partial charge in [0.15, 0.2) is 0 Å². The van der Waals surface area contributed by atoms with Gasteiger partial charge in [-0.25, -0.2) is 0 Å². The van der Waals surface area contributed by atoms with Crippen molar-refractivity contribution in [3.8, 4) is 17.2 Å². The van der Waals surface area contributed by atoms with Gasteiger partial charge in [0.25, 0.3) is 0 Å². The molecule has 1 unspecified atom stereocenters. The molecule has 0 aliphatic rings. The molecule has 4 aromatic rings. The van der Waals surface area contributed by atoms with Crippen molar-refractivity contribution < 1.29 is 0 Å². The topological polar surface area (TPSA) is 41.6 Å². The minimum atomic E-state index is 0.124. The van der Waals surface area contributed by atoms with Crippen molar-refractivity contribution >= 4 is 22.9 Å². The minimum absolute atomic E-state index is 0.124. The van der Waals surface area contributed by atoms with E-state index in [0.29, 0.717) is 10.6 Å². The van der Waals surface area contributed by atoms with E-state index in [-0.39, 0.29) is 6.04 Å². The number of thiophene rings is 1. The highest BCUT2D eigenvalue weighted by Crippen LogP contribution is 2.35. The molecule has 0 spiro atoms. The number of benzene rings is 2. The van der Waals surface area contributed by atoms with Crippen LogP contribution in [0.5, 0.6) is 0 Å². The van der Waals surface area contributed by atoms with E-state index in [4.69, 9.17) is 22.0 Å². The minimum Gasteiger partial charge on any atom is -0.260 e. The number of hydrogen-bond donors (Lipinski definition) is 0. The van der Waals surface area contributed by atoms with Gasteiger partial charge in [-0.05, 0) is 55.0 Å². The molecule has 0 bridgehead atoms. The zero-order valence-electron chi connectivity index (χ0n) is 16.3. The van der Waals surface area contributed by atoms with Crippen LogP contribution in [-0.2, 0) is 6.42 Å². The molecule has 0 radical (unpaired) electrons. The van der Waals surface area contributed by atoms with Gasteiger partial charge in [0.1, 0.15) is 6.07 Å². The molecule has 2 aromatic carbocycles. The Morgan fingerprint density at radius 3 is 2.55 bits per heavy atom. The van der Waals surface area contributed by atoms with E-state index in [0.717, 1.165) is 28.9 Å². The first-order valence-corrected chi connectivity index (χ1v) is 10.7. The van der Waals surface area contributed by atoms with Crippen molar-refractivity contribution in [2.45, 2.75) is 26.3 Å². The van der Waals surface area contributed by atoms with Gasteiger partial charge in [0, 0.05) is 16.1 Å². The number of nitriles is 1. The van der Waals surface area contributed by atoms with Gasteiger partial charge in [0.2, 0.25) is 0 Å². The molecule has 0 saturated heterocycles. The lowest BCUT2D eigenvalue weighted by Gasteiger charge is -2.19. The third-order valence-electron chi connectivity index (χ3n) is 5.14. The summed E-state index contributed by atoms with van der Waals surface area (Å²) in [4.78, 5) is 1.28.